The van der Waals surface area contributed by atoms with Gasteiger partial charge in [0.05, 0.1) is 16.9 Å². The topological polar surface area (TPSA) is 77.9 Å². The van der Waals surface area contributed by atoms with E-state index >= 15 is 0 Å². The molecule has 2 fully saturated rings. The Kier molecular flexibility index (Phi) is 4.69. The fourth-order valence-electron chi connectivity index (χ4n) is 3.59. The first-order valence-corrected chi connectivity index (χ1v) is 8.46. The van der Waals surface area contributed by atoms with Crippen LogP contribution in [0.5, 0.6) is 0 Å². The van der Waals surface area contributed by atoms with Crippen molar-refractivity contribution in [3.8, 4) is 0 Å². The highest BCUT2D eigenvalue weighted by Gasteiger charge is 2.43. The number of carboxylic acid groups (broad SMARTS) is 1. The number of hydrogen-bond donors (Lipinski definition) is 1. The van der Waals surface area contributed by atoms with Crippen molar-refractivity contribution in [3.63, 3.8) is 0 Å². The molecule has 2 amide bonds. The van der Waals surface area contributed by atoms with E-state index in [0.717, 1.165) is 0 Å². The van der Waals surface area contributed by atoms with Crippen LogP contribution in [0.15, 0.2) is 18.2 Å². The Balaban J connectivity index is 1.73. The first kappa shape index (κ1) is 17.7. The van der Waals surface area contributed by atoms with Crippen molar-refractivity contribution in [1.29, 1.82) is 0 Å². The van der Waals surface area contributed by atoms with Crippen molar-refractivity contribution in [2.75, 3.05) is 18.0 Å². The third-order valence-corrected chi connectivity index (χ3v) is 5.35. The summed E-state index contributed by atoms with van der Waals surface area (Å²) < 4.78 is 13.6. The molecule has 1 aromatic rings. The summed E-state index contributed by atoms with van der Waals surface area (Å²) in [4.78, 5) is 39.1. The Bertz CT molecular complexity index is 741. The van der Waals surface area contributed by atoms with Gasteiger partial charge in [0.15, 0.2) is 0 Å². The second-order valence-corrected chi connectivity index (χ2v) is 6.92. The van der Waals surface area contributed by atoms with Crippen molar-refractivity contribution in [3.05, 3.63) is 29.0 Å². The van der Waals surface area contributed by atoms with Crippen LogP contribution in [0, 0.1) is 17.7 Å². The molecule has 0 bridgehead atoms. The molecule has 1 aromatic carbocycles. The van der Waals surface area contributed by atoms with E-state index in [1.54, 1.807) is 11.8 Å². The summed E-state index contributed by atoms with van der Waals surface area (Å²) >= 11 is 5.66. The highest BCUT2D eigenvalue weighted by molar-refractivity contribution is 6.30. The molecule has 3 unspecified atom stereocenters. The number of carbonyl (C=O) groups is 3. The lowest BCUT2D eigenvalue weighted by molar-refractivity contribution is -0.143. The van der Waals surface area contributed by atoms with Crippen LogP contribution >= 0.6 is 11.6 Å². The van der Waals surface area contributed by atoms with E-state index in [9.17, 15) is 23.9 Å². The summed E-state index contributed by atoms with van der Waals surface area (Å²) in [5, 5.41) is 9.15. The third-order valence-electron chi connectivity index (χ3n) is 5.04. The van der Waals surface area contributed by atoms with Gasteiger partial charge in [0.1, 0.15) is 5.82 Å². The van der Waals surface area contributed by atoms with Crippen LogP contribution in [0.25, 0.3) is 0 Å². The lowest BCUT2D eigenvalue weighted by Gasteiger charge is -2.26. The van der Waals surface area contributed by atoms with Gasteiger partial charge < -0.3 is 14.9 Å². The van der Waals surface area contributed by atoms with E-state index in [1.807, 2.05) is 0 Å². The number of amides is 2. The largest absolute Gasteiger partial charge is 0.481 e. The van der Waals surface area contributed by atoms with Crippen molar-refractivity contribution < 1.29 is 23.9 Å². The first-order valence-electron chi connectivity index (χ1n) is 8.08. The summed E-state index contributed by atoms with van der Waals surface area (Å²) in [6, 6.07) is 3.68. The summed E-state index contributed by atoms with van der Waals surface area (Å²) in [6.07, 6.45) is 0.444. The van der Waals surface area contributed by atoms with Gasteiger partial charge in [-0.05, 0) is 31.5 Å². The van der Waals surface area contributed by atoms with E-state index < -0.39 is 29.7 Å². The Morgan fingerprint density at radius 1 is 1.36 bits per heavy atom. The Hall–Kier alpha value is -2.15. The first-order chi connectivity index (χ1) is 11.8. The number of carbonyl (C=O) groups excluding carboxylic acids is 2. The molecule has 2 aliphatic heterocycles. The van der Waals surface area contributed by atoms with Crippen LogP contribution in [-0.4, -0.2) is 46.9 Å². The average Bonchev–Trinajstić information content (AvgIpc) is 3.12. The maximum absolute atomic E-state index is 13.6. The summed E-state index contributed by atoms with van der Waals surface area (Å²) in [5.41, 5.74) is 0.361. The van der Waals surface area contributed by atoms with Crippen LogP contribution in [0.4, 0.5) is 10.1 Å². The molecule has 0 spiro atoms. The van der Waals surface area contributed by atoms with E-state index in [-0.39, 0.29) is 29.8 Å². The predicted octanol–water partition coefficient (Wildman–Crippen LogP) is 2.15. The summed E-state index contributed by atoms with van der Waals surface area (Å²) in [7, 11) is 0. The van der Waals surface area contributed by atoms with Gasteiger partial charge in [0, 0.05) is 31.2 Å². The minimum absolute atomic E-state index is 0.0318. The van der Waals surface area contributed by atoms with Gasteiger partial charge in [-0.15, -0.1) is 0 Å². The van der Waals surface area contributed by atoms with Crippen molar-refractivity contribution >= 4 is 35.1 Å². The number of anilines is 1. The van der Waals surface area contributed by atoms with Crippen LogP contribution in [0.3, 0.4) is 0 Å². The van der Waals surface area contributed by atoms with E-state index in [4.69, 9.17) is 11.6 Å². The average molecular weight is 369 g/mol. The number of nitrogens with zero attached hydrogens (tertiary/aromatic N) is 2. The minimum Gasteiger partial charge on any atom is -0.481 e. The quantitative estimate of drug-likeness (QED) is 0.886. The van der Waals surface area contributed by atoms with Gasteiger partial charge in [-0.1, -0.05) is 11.6 Å². The van der Waals surface area contributed by atoms with Crippen molar-refractivity contribution in [2.45, 2.75) is 25.8 Å². The molecule has 6 nitrogen and oxygen atoms in total. The molecule has 3 atom stereocenters. The second kappa shape index (κ2) is 6.63. The monoisotopic (exact) mass is 368 g/mol. The third kappa shape index (κ3) is 3.20. The molecule has 0 aromatic heterocycles. The maximum Gasteiger partial charge on any atom is 0.308 e. The van der Waals surface area contributed by atoms with Gasteiger partial charge in [0.25, 0.3) is 0 Å². The molecule has 0 aliphatic carbocycles. The fraction of sp³-hybridized carbons (Fsp3) is 0.471. The number of rotatable bonds is 3. The summed E-state index contributed by atoms with van der Waals surface area (Å²) in [5.74, 6) is -3.16. The number of hydrogen-bond acceptors (Lipinski definition) is 3. The Morgan fingerprint density at radius 3 is 2.68 bits per heavy atom. The van der Waals surface area contributed by atoms with Crippen LogP contribution in [0.2, 0.25) is 5.02 Å². The molecule has 1 N–H and O–H groups in total. The zero-order chi connectivity index (χ0) is 18.3. The van der Waals surface area contributed by atoms with Gasteiger partial charge in [-0.2, -0.15) is 0 Å². The molecule has 134 valence electrons. The molecule has 2 saturated heterocycles. The number of aliphatic carboxylic acids is 1. The Labute approximate surface area is 149 Å². The van der Waals surface area contributed by atoms with Crippen LogP contribution in [0.1, 0.15) is 19.8 Å². The van der Waals surface area contributed by atoms with Crippen LogP contribution in [-0.2, 0) is 14.4 Å². The fourth-order valence-corrected chi connectivity index (χ4v) is 3.71. The molecular formula is C17H18ClFN2O4. The molecular weight excluding hydrogens is 351 g/mol. The SMILES string of the molecule is CC1C(C(=O)O)CCN1C(=O)C1CC(=O)N(c2ccc(Cl)c(F)c2)C1. The lowest BCUT2D eigenvalue weighted by Crippen LogP contribution is -2.41. The second-order valence-electron chi connectivity index (χ2n) is 6.51. The summed E-state index contributed by atoms with van der Waals surface area (Å²) in [6.45, 7) is 2.24. The van der Waals surface area contributed by atoms with E-state index in [0.29, 0.717) is 18.7 Å². The normalized spacial score (nSPS) is 26.4. The van der Waals surface area contributed by atoms with Gasteiger partial charge >= 0.3 is 5.97 Å². The Morgan fingerprint density at radius 2 is 2.08 bits per heavy atom. The molecule has 25 heavy (non-hydrogen) atoms. The van der Waals surface area contributed by atoms with Gasteiger partial charge in [0.2, 0.25) is 11.8 Å². The maximum atomic E-state index is 13.6. The van der Waals surface area contributed by atoms with E-state index in [1.165, 1.54) is 23.1 Å². The smallest absolute Gasteiger partial charge is 0.308 e. The zero-order valence-corrected chi connectivity index (χ0v) is 14.4. The zero-order valence-electron chi connectivity index (χ0n) is 13.6. The molecule has 2 aliphatic rings. The lowest BCUT2D eigenvalue weighted by atomic mass is 10.0. The molecule has 3 rings (SSSR count). The molecule has 0 saturated carbocycles. The number of carboxylic acids is 1. The highest BCUT2D eigenvalue weighted by Crippen LogP contribution is 2.32. The number of halogens is 2. The van der Waals surface area contributed by atoms with Gasteiger partial charge in [-0.3, -0.25) is 14.4 Å². The number of benzene rings is 1. The van der Waals surface area contributed by atoms with E-state index in [2.05, 4.69) is 0 Å². The predicted molar refractivity (Wildman–Crippen MR) is 88.8 cm³/mol. The minimum atomic E-state index is -0.913. The van der Waals surface area contributed by atoms with Gasteiger partial charge in [-0.25, -0.2) is 4.39 Å². The molecule has 0 radical (unpaired) electrons. The van der Waals surface area contributed by atoms with Crippen molar-refractivity contribution in [2.24, 2.45) is 11.8 Å². The van der Waals surface area contributed by atoms with Crippen molar-refractivity contribution in [1.82, 2.24) is 4.90 Å². The highest BCUT2D eigenvalue weighted by atomic mass is 35.5. The molecule has 2 heterocycles. The standard InChI is InChI=1S/C17H18ClFN2O4/c1-9-12(17(24)25)4-5-20(9)16(23)10-6-15(22)21(8-10)11-2-3-13(18)14(19)7-11/h2-3,7,9-10,12H,4-6,8H2,1H3,(H,24,25). The molecule has 8 heteroatoms. The number of likely N-dealkylation sites (tertiary alicyclic amines) is 1. The van der Waals surface area contributed by atoms with Crippen LogP contribution < -0.4 is 4.90 Å².